The Morgan fingerprint density at radius 3 is 2.41 bits per heavy atom. The van der Waals surface area contributed by atoms with E-state index in [-0.39, 0.29) is 17.7 Å². The third-order valence-corrected chi connectivity index (χ3v) is 3.78. The Morgan fingerprint density at radius 1 is 1.27 bits per heavy atom. The van der Waals surface area contributed by atoms with Crippen molar-refractivity contribution < 1.29 is 28.7 Å². The molecular formula is C15H15NO6. The molecule has 0 radical (unpaired) electrons. The van der Waals surface area contributed by atoms with Gasteiger partial charge in [-0.1, -0.05) is 17.2 Å². The van der Waals surface area contributed by atoms with Crippen molar-refractivity contribution in [3.8, 4) is 0 Å². The third kappa shape index (κ3) is 2.18. The van der Waals surface area contributed by atoms with Crippen LogP contribution in [0.15, 0.2) is 24.3 Å². The van der Waals surface area contributed by atoms with Crippen molar-refractivity contribution >= 4 is 17.8 Å². The Balaban J connectivity index is 1.81. The van der Waals surface area contributed by atoms with Crippen molar-refractivity contribution in [3.63, 3.8) is 0 Å². The Morgan fingerprint density at radius 2 is 1.91 bits per heavy atom. The van der Waals surface area contributed by atoms with Crippen molar-refractivity contribution in [1.29, 1.82) is 0 Å². The van der Waals surface area contributed by atoms with E-state index >= 15 is 0 Å². The van der Waals surface area contributed by atoms with Crippen LogP contribution in [0.2, 0.25) is 0 Å². The lowest BCUT2D eigenvalue weighted by Gasteiger charge is -2.26. The van der Waals surface area contributed by atoms with Crippen LogP contribution in [0, 0.1) is 0 Å². The summed E-state index contributed by atoms with van der Waals surface area (Å²) in [5.41, 5.74) is -0.828. The largest absolute Gasteiger partial charge is 0.381 e. The summed E-state index contributed by atoms with van der Waals surface area (Å²) in [6.07, 6.45) is 1.10. The van der Waals surface area contributed by atoms with Crippen molar-refractivity contribution in [2.45, 2.75) is 18.4 Å². The molecule has 0 aromatic heterocycles. The Hall–Kier alpha value is -2.25. The number of benzene rings is 1. The van der Waals surface area contributed by atoms with Gasteiger partial charge >= 0.3 is 5.97 Å². The minimum atomic E-state index is -1.26. The second-order valence-corrected chi connectivity index (χ2v) is 5.21. The van der Waals surface area contributed by atoms with E-state index in [2.05, 4.69) is 0 Å². The third-order valence-electron chi connectivity index (χ3n) is 3.78. The highest BCUT2D eigenvalue weighted by Crippen LogP contribution is 2.30. The molecule has 7 nitrogen and oxygen atoms in total. The molecule has 0 bridgehead atoms. The molecule has 1 aromatic rings. The molecule has 2 aliphatic rings. The smallest absolute Gasteiger partial charge is 0.367 e. The van der Waals surface area contributed by atoms with Gasteiger partial charge in [0.2, 0.25) is 0 Å². The molecule has 3 rings (SSSR count). The molecular weight excluding hydrogens is 290 g/mol. The molecule has 0 saturated carbocycles. The predicted octanol–water partition coefficient (Wildman–Crippen LogP) is 0.936. The number of methoxy groups -OCH3 is 1. The zero-order chi connectivity index (χ0) is 15.7. The number of hydrogen-bond acceptors (Lipinski definition) is 6. The van der Waals surface area contributed by atoms with Gasteiger partial charge in [0.25, 0.3) is 11.8 Å². The molecule has 1 fully saturated rings. The van der Waals surface area contributed by atoms with E-state index in [1.807, 2.05) is 0 Å². The van der Waals surface area contributed by atoms with Crippen LogP contribution in [0.5, 0.6) is 0 Å². The fourth-order valence-electron chi connectivity index (χ4n) is 2.68. The van der Waals surface area contributed by atoms with E-state index in [4.69, 9.17) is 14.3 Å². The van der Waals surface area contributed by atoms with Gasteiger partial charge in [0, 0.05) is 13.7 Å². The minimum absolute atomic E-state index is 0.00893. The molecule has 2 heterocycles. The molecule has 7 heteroatoms. The van der Waals surface area contributed by atoms with Crippen LogP contribution < -0.4 is 0 Å². The Kier molecular flexibility index (Phi) is 3.67. The summed E-state index contributed by atoms with van der Waals surface area (Å²) < 4.78 is 10.5. The van der Waals surface area contributed by atoms with Crippen molar-refractivity contribution in [3.05, 3.63) is 35.4 Å². The first-order valence-corrected chi connectivity index (χ1v) is 6.92. The first-order valence-electron chi connectivity index (χ1n) is 6.92. The standard InChI is InChI=1S/C15H15NO6/c1-20-9-15(7-4-8-21-15)14(19)22-16-12(17)10-5-2-3-6-11(10)13(16)18/h2-3,5-6H,4,7-9H2,1H3. The number of fused-ring (bicyclic) bond motifs is 1. The number of nitrogens with zero attached hydrogens (tertiary/aromatic N) is 1. The number of carbonyl (C=O) groups excluding carboxylic acids is 3. The van der Waals surface area contributed by atoms with Gasteiger partial charge < -0.3 is 14.3 Å². The molecule has 1 saturated heterocycles. The first-order chi connectivity index (χ1) is 10.6. The van der Waals surface area contributed by atoms with Crippen LogP contribution in [0.25, 0.3) is 0 Å². The average molecular weight is 305 g/mol. The van der Waals surface area contributed by atoms with E-state index < -0.39 is 23.4 Å². The van der Waals surface area contributed by atoms with Crippen molar-refractivity contribution in [2.75, 3.05) is 20.3 Å². The monoisotopic (exact) mass is 305 g/mol. The fraction of sp³-hybridized carbons (Fsp3) is 0.400. The zero-order valence-corrected chi connectivity index (χ0v) is 12.0. The van der Waals surface area contributed by atoms with Crippen LogP contribution in [0.1, 0.15) is 33.6 Å². The number of ether oxygens (including phenoxy) is 2. The van der Waals surface area contributed by atoms with E-state index in [1.165, 1.54) is 19.2 Å². The highest BCUT2D eigenvalue weighted by molar-refractivity contribution is 6.20. The number of hydroxylamine groups is 2. The maximum absolute atomic E-state index is 12.4. The molecule has 22 heavy (non-hydrogen) atoms. The van der Waals surface area contributed by atoms with E-state index in [0.29, 0.717) is 24.5 Å². The molecule has 2 amide bonds. The summed E-state index contributed by atoms with van der Waals surface area (Å²) in [6, 6.07) is 6.31. The summed E-state index contributed by atoms with van der Waals surface area (Å²) in [7, 11) is 1.44. The zero-order valence-electron chi connectivity index (χ0n) is 12.0. The van der Waals surface area contributed by atoms with Gasteiger partial charge in [-0.3, -0.25) is 9.59 Å². The van der Waals surface area contributed by atoms with Crippen LogP contribution in [0.4, 0.5) is 0 Å². The average Bonchev–Trinajstić information content (AvgIpc) is 3.09. The summed E-state index contributed by atoms with van der Waals surface area (Å²) in [4.78, 5) is 41.8. The molecule has 1 atom stereocenters. The molecule has 0 N–H and O–H groups in total. The number of rotatable bonds is 4. The summed E-state index contributed by atoms with van der Waals surface area (Å²) in [6.45, 7) is 0.412. The molecule has 116 valence electrons. The van der Waals surface area contributed by atoms with E-state index in [9.17, 15) is 14.4 Å². The lowest BCUT2D eigenvalue weighted by molar-refractivity contribution is -0.196. The number of carbonyl (C=O) groups is 3. The molecule has 0 spiro atoms. The number of amides is 2. The highest BCUT2D eigenvalue weighted by atomic mass is 16.7. The van der Waals surface area contributed by atoms with Crippen molar-refractivity contribution in [2.24, 2.45) is 0 Å². The Labute approximate surface area is 126 Å². The number of imide groups is 1. The number of hydrogen-bond donors (Lipinski definition) is 0. The molecule has 1 unspecified atom stereocenters. The second kappa shape index (κ2) is 5.51. The second-order valence-electron chi connectivity index (χ2n) is 5.21. The maximum Gasteiger partial charge on any atom is 0.367 e. The van der Waals surface area contributed by atoms with E-state index in [1.54, 1.807) is 12.1 Å². The molecule has 1 aromatic carbocycles. The SMILES string of the molecule is COCC1(C(=O)ON2C(=O)c3ccccc3C2=O)CCCO1. The van der Waals surface area contributed by atoms with Gasteiger partial charge in [0.1, 0.15) is 0 Å². The predicted molar refractivity (Wildman–Crippen MR) is 72.8 cm³/mol. The minimum Gasteiger partial charge on any atom is -0.381 e. The van der Waals surface area contributed by atoms with Gasteiger partial charge in [-0.05, 0) is 25.0 Å². The normalized spacial score (nSPS) is 23.8. The van der Waals surface area contributed by atoms with Crippen molar-refractivity contribution in [1.82, 2.24) is 5.06 Å². The molecule has 0 aliphatic carbocycles. The maximum atomic E-state index is 12.4. The van der Waals surface area contributed by atoms with Crippen LogP contribution in [-0.2, 0) is 19.1 Å². The lowest BCUT2D eigenvalue weighted by atomic mass is 10.0. The quantitative estimate of drug-likeness (QED) is 0.770. The Bertz CT molecular complexity index is 600. The van der Waals surface area contributed by atoms with E-state index in [0.717, 1.165) is 0 Å². The van der Waals surface area contributed by atoms with Gasteiger partial charge in [-0.2, -0.15) is 0 Å². The van der Waals surface area contributed by atoms with Gasteiger partial charge in [0.15, 0.2) is 5.60 Å². The van der Waals surface area contributed by atoms with Crippen LogP contribution in [-0.4, -0.2) is 48.8 Å². The first kappa shape index (κ1) is 14.7. The van der Waals surface area contributed by atoms with Gasteiger partial charge in [-0.25, -0.2) is 4.79 Å². The summed E-state index contributed by atoms with van der Waals surface area (Å²) in [5, 5.41) is 0.492. The van der Waals surface area contributed by atoms with Gasteiger partial charge in [-0.15, -0.1) is 0 Å². The summed E-state index contributed by atoms with van der Waals surface area (Å²) in [5.74, 6) is -2.10. The fourth-order valence-corrected chi connectivity index (χ4v) is 2.68. The van der Waals surface area contributed by atoms with Crippen LogP contribution in [0.3, 0.4) is 0 Å². The van der Waals surface area contributed by atoms with Crippen LogP contribution >= 0.6 is 0 Å². The highest BCUT2D eigenvalue weighted by Gasteiger charge is 2.48. The lowest BCUT2D eigenvalue weighted by Crippen LogP contribution is -2.47. The molecule has 2 aliphatic heterocycles. The topological polar surface area (TPSA) is 82.1 Å². The van der Waals surface area contributed by atoms with Gasteiger partial charge in [0.05, 0.1) is 17.7 Å². The summed E-state index contributed by atoms with van der Waals surface area (Å²) >= 11 is 0.